The monoisotopic (exact) mass is 163 g/mol. The molecule has 0 radical (unpaired) electrons. The molecule has 0 amide bonds. The summed E-state index contributed by atoms with van der Waals surface area (Å²) in [5.41, 5.74) is 4.82. The van der Waals surface area contributed by atoms with Gasteiger partial charge in [0.05, 0.1) is 0 Å². The Morgan fingerprint density at radius 2 is 2.22 bits per heavy atom. The van der Waals surface area contributed by atoms with Gasteiger partial charge in [0.15, 0.2) is 0 Å². The van der Waals surface area contributed by atoms with Crippen LogP contribution in [0, 0.1) is 0 Å². The summed E-state index contributed by atoms with van der Waals surface area (Å²) in [6.07, 6.45) is -0.983. The first-order valence-corrected chi connectivity index (χ1v) is 3.39. The zero-order chi connectivity index (χ0) is 6.78. The molecule has 0 aromatic carbocycles. The fraction of sp³-hybridized carbons (Fsp3) is 1.00. The molecule has 0 aliphatic heterocycles. The Morgan fingerprint density at radius 1 is 1.89 bits per heavy atom. The summed E-state index contributed by atoms with van der Waals surface area (Å²) < 4.78 is 13.5. The quantitative estimate of drug-likeness (QED) is 0.244. The molecule has 3 N–H and O–H groups in total. The molecule has 0 aliphatic carbocycles. The maximum Gasteiger partial charge on any atom is 1.00 e. The van der Waals surface area contributed by atoms with Gasteiger partial charge in [-0.2, -0.15) is 0 Å². The molecule has 9 heavy (non-hydrogen) atoms. The Kier molecular flexibility index (Phi) is 6.81. The smallest absolute Gasteiger partial charge is 0.756 e. The average Bonchev–Trinajstić information content (AvgIpc) is 1.21. The van der Waals surface area contributed by atoms with E-state index in [1.54, 1.807) is 0 Å². The SMILES string of the molecule is CC(N)OP(=O)([O-])O.[Na+]. The molecule has 0 spiro atoms. The maximum atomic E-state index is 9.72. The Bertz CT molecular complexity index is 111. The van der Waals surface area contributed by atoms with Crippen LogP contribution in [0.3, 0.4) is 0 Å². The molecule has 0 saturated carbocycles. The number of phosphoric acid groups is 1. The molecular formula is C2H7NNaO4P. The molecule has 7 heteroatoms. The van der Waals surface area contributed by atoms with Gasteiger partial charge in [0.2, 0.25) is 0 Å². The summed E-state index contributed by atoms with van der Waals surface area (Å²) in [5, 5.41) is 0. The van der Waals surface area contributed by atoms with Crippen molar-refractivity contribution in [3.63, 3.8) is 0 Å². The minimum Gasteiger partial charge on any atom is -0.756 e. The number of rotatable bonds is 2. The second-order valence-corrected chi connectivity index (χ2v) is 2.43. The zero-order valence-corrected chi connectivity index (χ0v) is 8.17. The number of hydrogen-bond acceptors (Lipinski definition) is 4. The van der Waals surface area contributed by atoms with Crippen LogP contribution in [0.1, 0.15) is 6.92 Å². The summed E-state index contributed by atoms with van der Waals surface area (Å²) in [6.45, 7) is 1.29. The Hall–Kier alpha value is 1.07. The number of hydrogen-bond donors (Lipinski definition) is 2. The van der Waals surface area contributed by atoms with Crippen molar-refractivity contribution < 1.29 is 48.4 Å². The van der Waals surface area contributed by atoms with Gasteiger partial charge in [0.1, 0.15) is 6.23 Å². The molecular weight excluding hydrogens is 156 g/mol. The van der Waals surface area contributed by atoms with Gasteiger partial charge in [-0.25, -0.2) is 0 Å². The predicted molar refractivity (Wildman–Crippen MR) is 24.6 cm³/mol. The van der Waals surface area contributed by atoms with Gasteiger partial charge >= 0.3 is 29.6 Å². The van der Waals surface area contributed by atoms with Gasteiger partial charge < -0.3 is 15.5 Å². The van der Waals surface area contributed by atoms with Crippen LogP contribution in [-0.4, -0.2) is 11.1 Å². The molecule has 0 fully saturated rings. The topological polar surface area (TPSA) is 95.6 Å². The van der Waals surface area contributed by atoms with Crippen molar-refractivity contribution in [2.24, 2.45) is 5.73 Å². The molecule has 0 saturated heterocycles. The van der Waals surface area contributed by atoms with E-state index in [0.29, 0.717) is 0 Å². The van der Waals surface area contributed by atoms with Crippen LogP contribution in [-0.2, 0) is 9.09 Å². The first kappa shape index (κ1) is 12.7. The van der Waals surface area contributed by atoms with E-state index in [-0.39, 0.29) is 29.6 Å². The normalized spacial score (nSPS) is 19.6. The van der Waals surface area contributed by atoms with E-state index >= 15 is 0 Å². The largest absolute Gasteiger partial charge is 1.00 e. The van der Waals surface area contributed by atoms with E-state index in [4.69, 9.17) is 10.6 Å². The Morgan fingerprint density at radius 3 is 2.22 bits per heavy atom. The van der Waals surface area contributed by atoms with Gasteiger partial charge in [-0.05, 0) is 6.92 Å². The minimum absolute atomic E-state index is 0. The van der Waals surface area contributed by atoms with Crippen LogP contribution in [0.25, 0.3) is 0 Å². The Labute approximate surface area is 75.1 Å². The third kappa shape index (κ3) is 12.3. The van der Waals surface area contributed by atoms with E-state index in [9.17, 15) is 9.46 Å². The van der Waals surface area contributed by atoms with Crippen molar-refractivity contribution >= 4 is 7.82 Å². The summed E-state index contributed by atoms with van der Waals surface area (Å²) in [5.74, 6) is 0. The summed E-state index contributed by atoms with van der Waals surface area (Å²) in [6, 6.07) is 0. The number of nitrogens with two attached hydrogens (primary N) is 1. The molecule has 0 bridgehead atoms. The van der Waals surface area contributed by atoms with Crippen LogP contribution < -0.4 is 40.2 Å². The van der Waals surface area contributed by atoms with E-state index in [1.807, 2.05) is 0 Å². The summed E-state index contributed by atoms with van der Waals surface area (Å²) in [7, 11) is -4.60. The molecule has 0 aromatic rings. The molecule has 0 aromatic heterocycles. The predicted octanol–water partition coefficient (Wildman–Crippen LogP) is -4.23. The summed E-state index contributed by atoms with van der Waals surface area (Å²) in [4.78, 5) is 17.6. The van der Waals surface area contributed by atoms with Gasteiger partial charge in [-0.15, -0.1) is 0 Å². The van der Waals surface area contributed by atoms with E-state index < -0.39 is 14.1 Å². The van der Waals surface area contributed by atoms with Gasteiger partial charge in [0.25, 0.3) is 7.82 Å². The zero-order valence-electron chi connectivity index (χ0n) is 5.27. The summed E-state index contributed by atoms with van der Waals surface area (Å²) >= 11 is 0. The standard InChI is InChI=1S/C2H8NO4P.Na/c1-2(3)7-8(4,5)6;/h2H,3H2,1H3,(H2,4,5,6);/q;+1/p-1. The van der Waals surface area contributed by atoms with Crippen molar-refractivity contribution in [1.29, 1.82) is 0 Å². The molecule has 0 aliphatic rings. The van der Waals surface area contributed by atoms with E-state index in [0.717, 1.165) is 0 Å². The molecule has 50 valence electrons. The van der Waals surface area contributed by atoms with Crippen molar-refractivity contribution in [2.45, 2.75) is 13.2 Å². The first-order valence-electron chi connectivity index (χ1n) is 1.89. The van der Waals surface area contributed by atoms with Crippen LogP contribution in [0.15, 0.2) is 0 Å². The van der Waals surface area contributed by atoms with Gasteiger partial charge in [-0.3, -0.25) is 9.09 Å². The number of phosphoric ester groups is 1. The average molecular weight is 163 g/mol. The fourth-order valence-electron chi connectivity index (χ4n) is 0.210. The van der Waals surface area contributed by atoms with Crippen molar-refractivity contribution in [1.82, 2.24) is 0 Å². The first-order chi connectivity index (χ1) is 3.42. The second kappa shape index (κ2) is 4.82. The fourth-order valence-corrected chi connectivity index (χ4v) is 0.630. The molecule has 2 atom stereocenters. The van der Waals surface area contributed by atoms with E-state index in [1.165, 1.54) is 6.92 Å². The maximum absolute atomic E-state index is 9.72. The van der Waals surface area contributed by atoms with Crippen molar-refractivity contribution in [2.75, 3.05) is 0 Å². The van der Waals surface area contributed by atoms with E-state index in [2.05, 4.69) is 4.52 Å². The Balaban J connectivity index is 0. The third-order valence-corrected chi connectivity index (χ3v) is 0.898. The van der Waals surface area contributed by atoms with Crippen molar-refractivity contribution in [3.05, 3.63) is 0 Å². The molecule has 2 unspecified atom stereocenters. The van der Waals surface area contributed by atoms with Crippen LogP contribution >= 0.6 is 7.82 Å². The second-order valence-electron chi connectivity index (χ2n) is 1.28. The van der Waals surface area contributed by atoms with Crippen LogP contribution in [0.5, 0.6) is 0 Å². The minimum atomic E-state index is -4.60. The molecule has 0 heterocycles. The van der Waals surface area contributed by atoms with Gasteiger partial charge in [-0.1, -0.05) is 0 Å². The molecule has 5 nitrogen and oxygen atoms in total. The van der Waals surface area contributed by atoms with Crippen molar-refractivity contribution in [3.8, 4) is 0 Å². The third-order valence-electron chi connectivity index (χ3n) is 0.299. The molecule has 0 rings (SSSR count). The van der Waals surface area contributed by atoms with Crippen LogP contribution in [0.2, 0.25) is 0 Å². The van der Waals surface area contributed by atoms with Gasteiger partial charge in [0, 0.05) is 0 Å². The van der Waals surface area contributed by atoms with Crippen LogP contribution in [0.4, 0.5) is 0 Å².